The van der Waals surface area contributed by atoms with Crippen molar-refractivity contribution >= 4 is 21.8 Å². The van der Waals surface area contributed by atoms with Gasteiger partial charge >= 0.3 is 20.4 Å². The molecule has 0 aliphatic rings. The summed E-state index contributed by atoms with van der Waals surface area (Å²) in [5, 5.41) is 7.50. The molecule has 0 fully saturated rings. The molecule has 0 spiro atoms. The van der Waals surface area contributed by atoms with Crippen LogP contribution in [0, 0.1) is 39.8 Å². The summed E-state index contributed by atoms with van der Waals surface area (Å²) in [5.74, 6) is 2.16. The molecule has 0 amide bonds. The first kappa shape index (κ1) is 38.2. The average Bonchev–Trinajstić information content (AvgIpc) is 3.60. The Bertz CT molecular complexity index is 2400. The maximum Gasteiger partial charge on any atom is 2.00 e. The zero-order chi connectivity index (χ0) is 36.7. The summed E-state index contributed by atoms with van der Waals surface area (Å²) in [6.07, 6.45) is 7.10. The molecular formula is C47H50N4OPd. The second-order valence-corrected chi connectivity index (χ2v) is 15.4. The number of pyridine rings is 1. The Labute approximate surface area is 329 Å². The molecule has 0 radical (unpaired) electrons. The number of unbranched alkanes of at least 4 members (excludes halogenated alkanes) is 1. The quantitative estimate of drug-likeness (QED) is 0.102. The van der Waals surface area contributed by atoms with Gasteiger partial charge in [0.25, 0.3) is 0 Å². The average molecular weight is 793 g/mol. The fraction of sp³-hybridized carbons (Fsp3) is 0.319. The molecule has 0 atom stereocenters. The third-order valence-electron chi connectivity index (χ3n) is 10.1. The molecule has 0 N–H and O–H groups in total. The third kappa shape index (κ3) is 7.50. The van der Waals surface area contributed by atoms with Crippen LogP contribution in [0.2, 0.25) is 0 Å². The molecule has 0 aliphatic heterocycles. The normalized spacial score (nSPS) is 11.7. The molecule has 4 aromatic carbocycles. The molecule has 0 aliphatic carbocycles. The molecule has 0 saturated carbocycles. The number of nitrogens with zero attached hydrogens (tertiary/aromatic N) is 4. The summed E-state index contributed by atoms with van der Waals surface area (Å²) in [7, 11) is 0. The van der Waals surface area contributed by atoms with Gasteiger partial charge in [0, 0.05) is 34.5 Å². The number of para-hydroxylation sites is 1. The van der Waals surface area contributed by atoms with Gasteiger partial charge in [0.15, 0.2) is 0 Å². The molecule has 274 valence electrons. The van der Waals surface area contributed by atoms with Crippen LogP contribution in [0.15, 0.2) is 79.0 Å². The Morgan fingerprint density at radius 1 is 0.755 bits per heavy atom. The number of benzene rings is 4. The van der Waals surface area contributed by atoms with E-state index in [1.165, 1.54) is 39.1 Å². The first-order chi connectivity index (χ1) is 25.0. The maximum absolute atomic E-state index is 6.74. The largest absolute Gasteiger partial charge is 2.00 e. The fourth-order valence-corrected chi connectivity index (χ4v) is 7.70. The van der Waals surface area contributed by atoms with E-state index in [1.54, 1.807) is 0 Å². The van der Waals surface area contributed by atoms with Gasteiger partial charge in [-0.2, -0.15) is 11.2 Å². The van der Waals surface area contributed by atoms with E-state index in [0.717, 1.165) is 76.7 Å². The molecule has 7 rings (SSSR count). The van der Waals surface area contributed by atoms with Crippen LogP contribution in [-0.2, 0) is 38.7 Å². The Hall–Kier alpha value is -4.50. The van der Waals surface area contributed by atoms with E-state index >= 15 is 0 Å². The van der Waals surface area contributed by atoms with E-state index < -0.39 is 0 Å². The topological polar surface area (TPSA) is 44.9 Å². The second kappa shape index (κ2) is 15.5. The van der Waals surface area contributed by atoms with Crippen LogP contribution in [-0.4, -0.2) is 19.3 Å². The fourth-order valence-electron chi connectivity index (χ4n) is 7.70. The number of aromatic nitrogens is 4. The zero-order valence-electron chi connectivity index (χ0n) is 32.6. The number of hydrogen-bond donors (Lipinski definition) is 0. The molecular weight excluding hydrogens is 743 g/mol. The van der Waals surface area contributed by atoms with Crippen LogP contribution in [0.4, 0.5) is 0 Å². The van der Waals surface area contributed by atoms with Gasteiger partial charge in [0.1, 0.15) is 5.82 Å². The van der Waals surface area contributed by atoms with Crippen molar-refractivity contribution in [3.05, 3.63) is 130 Å². The summed E-state index contributed by atoms with van der Waals surface area (Å²) in [6, 6.07) is 33.2. The monoisotopic (exact) mass is 792 g/mol. The Morgan fingerprint density at radius 3 is 2.23 bits per heavy atom. The summed E-state index contributed by atoms with van der Waals surface area (Å²) in [5.41, 5.74) is 13.8. The van der Waals surface area contributed by atoms with Crippen molar-refractivity contribution in [2.24, 2.45) is 0 Å². The third-order valence-corrected chi connectivity index (χ3v) is 10.1. The van der Waals surface area contributed by atoms with Crippen molar-refractivity contribution in [2.75, 3.05) is 0 Å². The molecule has 6 heteroatoms. The minimum atomic E-state index is -0.129. The number of aryl methyl sites for hydroxylation is 5. The Balaban J connectivity index is 0.00000481. The van der Waals surface area contributed by atoms with Crippen molar-refractivity contribution in [1.82, 2.24) is 19.3 Å². The van der Waals surface area contributed by atoms with E-state index in [-0.39, 0.29) is 25.8 Å². The van der Waals surface area contributed by atoms with Gasteiger partial charge < -0.3 is 9.30 Å². The predicted octanol–water partition coefficient (Wildman–Crippen LogP) is 12.2. The van der Waals surface area contributed by atoms with Crippen LogP contribution < -0.4 is 4.74 Å². The van der Waals surface area contributed by atoms with Crippen LogP contribution in [0.25, 0.3) is 44.4 Å². The van der Waals surface area contributed by atoms with E-state index in [9.17, 15) is 0 Å². The molecule has 3 aromatic heterocycles. The van der Waals surface area contributed by atoms with Crippen LogP contribution in [0.1, 0.15) is 93.1 Å². The van der Waals surface area contributed by atoms with Crippen LogP contribution in [0.3, 0.4) is 0 Å². The molecule has 7 aromatic rings. The minimum absolute atomic E-state index is 0. The number of fused-ring (bicyclic) bond motifs is 3. The first-order valence-electron chi connectivity index (χ1n) is 18.8. The van der Waals surface area contributed by atoms with E-state index in [4.69, 9.17) is 14.8 Å². The summed E-state index contributed by atoms with van der Waals surface area (Å²) in [6.45, 7) is 19.9. The van der Waals surface area contributed by atoms with Crippen molar-refractivity contribution in [3.63, 3.8) is 0 Å². The summed E-state index contributed by atoms with van der Waals surface area (Å²) >= 11 is 0. The van der Waals surface area contributed by atoms with Gasteiger partial charge in [0.05, 0.1) is 5.69 Å². The van der Waals surface area contributed by atoms with E-state index in [0.29, 0.717) is 11.5 Å². The van der Waals surface area contributed by atoms with Crippen molar-refractivity contribution in [3.8, 4) is 34.1 Å². The minimum Gasteiger partial charge on any atom is -0.509 e. The van der Waals surface area contributed by atoms with Crippen molar-refractivity contribution < 1.29 is 25.2 Å². The van der Waals surface area contributed by atoms with Crippen molar-refractivity contribution in [2.45, 2.75) is 99.8 Å². The molecule has 53 heavy (non-hydrogen) atoms. The molecule has 0 bridgehead atoms. The summed E-state index contributed by atoms with van der Waals surface area (Å²) < 4.78 is 11.1. The van der Waals surface area contributed by atoms with Gasteiger partial charge in [-0.25, -0.2) is 4.98 Å². The Kier molecular flexibility index (Phi) is 11.2. The predicted molar refractivity (Wildman–Crippen MR) is 216 cm³/mol. The van der Waals surface area contributed by atoms with Gasteiger partial charge in [-0.3, -0.25) is 4.68 Å². The number of ether oxygens (including phenoxy) is 1. The van der Waals surface area contributed by atoms with Crippen LogP contribution >= 0.6 is 0 Å². The first-order valence-corrected chi connectivity index (χ1v) is 18.8. The SMILES string of the molecule is CCCCc1c(-c2c(C)cc(C)cc2C)c(C)nn1-c1[c-]c(Oc2[c-]c3c(cc2)c2ccccc2n3-c2cc(CCC)ccn2)cc(C(C)(C)C)c1.[Pd+2]. The van der Waals surface area contributed by atoms with Gasteiger partial charge in [-0.1, -0.05) is 88.9 Å². The van der Waals surface area contributed by atoms with Gasteiger partial charge in [0.2, 0.25) is 0 Å². The second-order valence-electron chi connectivity index (χ2n) is 15.4. The maximum atomic E-state index is 6.74. The van der Waals surface area contributed by atoms with Crippen LogP contribution in [0.5, 0.6) is 11.5 Å². The Morgan fingerprint density at radius 2 is 1.51 bits per heavy atom. The zero-order valence-corrected chi connectivity index (χ0v) is 34.1. The van der Waals surface area contributed by atoms with Crippen molar-refractivity contribution in [1.29, 1.82) is 0 Å². The van der Waals surface area contributed by atoms with E-state index in [1.807, 2.05) is 12.3 Å². The summed E-state index contributed by atoms with van der Waals surface area (Å²) in [4.78, 5) is 4.82. The molecule has 0 unspecified atom stereocenters. The van der Waals surface area contributed by atoms with Gasteiger partial charge in [-0.05, 0) is 104 Å². The molecule has 5 nitrogen and oxygen atoms in total. The smallest absolute Gasteiger partial charge is 0.509 e. The van der Waals surface area contributed by atoms with E-state index in [2.05, 4.69) is 150 Å². The van der Waals surface area contributed by atoms with Gasteiger partial charge in [-0.15, -0.1) is 41.3 Å². The molecule has 3 heterocycles. The number of rotatable bonds is 10. The number of hydrogen-bond acceptors (Lipinski definition) is 3. The molecule has 0 saturated heterocycles. The standard InChI is InChI=1S/C47H50N4O.Pd/c1-10-12-17-42-46(45-31(4)23-30(3)24-32(45)5)33(6)49-51(42)36-26-35(47(7,8)9)27-38(28-36)52-37-19-20-40-39-16-13-14-18-41(39)50(43(40)29-37)44-25-34(15-11-2)21-22-48-44;/h13-14,16,18-27H,10-12,15,17H2,1-9H3;/q-2;+2.